The first-order valence-corrected chi connectivity index (χ1v) is 14.4. The number of rotatable bonds is 8. The van der Waals surface area contributed by atoms with E-state index >= 15 is 0 Å². The summed E-state index contributed by atoms with van der Waals surface area (Å²) in [6.07, 6.45) is 0. The number of aromatic amines is 1. The molecular formula is C34H29N9. The van der Waals surface area contributed by atoms with Crippen LogP contribution in [0.15, 0.2) is 130 Å². The van der Waals surface area contributed by atoms with Crippen molar-refractivity contribution in [2.75, 3.05) is 0 Å². The average molecular weight is 564 g/mol. The van der Waals surface area contributed by atoms with E-state index in [1.807, 2.05) is 60.7 Å². The van der Waals surface area contributed by atoms with Gasteiger partial charge in [-0.15, -0.1) is 30.7 Å². The fourth-order valence-electron chi connectivity index (χ4n) is 5.74. The molecule has 0 atom stereocenters. The molecule has 7 aromatic rings. The highest BCUT2D eigenvalue weighted by atomic mass is 15.4. The van der Waals surface area contributed by atoms with Crippen LogP contribution in [0.3, 0.4) is 0 Å². The molecule has 0 unspecified atom stereocenters. The lowest BCUT2D eigenvalue weighted by atomic mass is 10.1. The summed E-state index contributed by atoms with van der Waals surface area (Å²) in [6.45, 7) is 5.86. The van der Waals surface area contributed by atoms with Crippen LogP contribution in [0.1, 0.15) is 13.8 Å². The molecule has 0 spiro atoms. The van der Waals surface area contributed by atoms with Crippen molar-refractivity contribution < 1.29 is 0 Å². The monoisotopic (exact) mass is 563 g/mol. The summed E-state index contributed by atoms with van der Waals surface area (Å²) in [6, 6.07) is 37.0. The van der Waals surface area contributed by atoms with Gasteiger partial charge in [0.1, 0.15) is 11.4 Å². The Balaban J connectivity index is 1.26. The number of hydrogen-bond acceptors (Lipinski definition) is 6. The molecule has 9 heteroatoms. The first kappa shape index (κ1) is 26.2. The molecule has 9 nitrogen and oxygen atoms in total. The summed E-state index contributed by atoms with van der Waals surface area (Å²) in [5.41, 5.74) is 7.92. The molecule has 0 aliphatic heterocycles. The number of aromatic nitrogens is 5. The van der Waals surface area contributed by atoms with E-state index < -0.39 is 0 Å². The molecule has 0 aliphatic carbocycles. The number of fused-ring (bicyclic) bond motifs is 2. The van der Waals surface area contributed by atoms with E-state index in [2.05, 4.69) is 107 Å². The fourth-order valence-corrected chi connectivity index (χ4v) is 5.74. The van der Waals surface area contributed by atoms with E-state index in [4.69, 9.17) is 0 Å². The second-order valence-corrected chi connectivity index (χ2v) is 10.0. The molecule has 3 aromatic heterocycles. The zero-order valence-electron chi connectivity index (χ0n) is 23.9. The molecule has 0 fully saturated rings. The Labute approximate surface area is 248 Å². The normalized spacial score (nSPS) is 12.0. The Kier molecular flexibility index (Phi) is 6.88. The average Bonchev–Trinajstić information content (AvgIpc) is 3.75. The highest BCUT2D eigenvalue weighted by molar-refractivity contribution is 6.01. The van der Waals surface area contributed by atoms with E-state index in [9.17, 15) is 0 Å². The standard InChI is InChI=1S/C34H29N9/c1-3-42-27-21-13-11-19-25(27)29(31(42)23-15-7-5-8-16-23)36-38-33-35-34(41-40-33)39-37-30-26-20-12-14-22-28(26)43(4-2)32(30)24-17-9-6-10-18-24/h5-22H,3-4H2,1-2H3,(H,35,40,41). The highest BCUT2D eigenvalue weighted by Crippen LogP contribution is 2.42. The maximum Gasteiger partial charge on any atom is 0.269 e. The molecule has 0 radical (unpaired) electrons. The third kappa shape index (κ3) is 4.70. The van der Waals surface area contributed by atoms with E-state index in [0.717, 1.165) is 68.8 Å². The number of nitrogens with one attached hydrogen (secondary N) is 1. The SMILES string of the molecule is CCn1c(-c2ccccc2)c(N=Nc2nnc(N=Nc3c(-c4ccccc4)n(CC)c4ccccc34)[nH]2)c2ccccc21. The van der Waals surface area contributed by atoms with Gasteiger partial charge in [-0.2, -0.15) is 0 Å². The van der Waals surface area contributed by atoms with Crippen LogP contribution in [0, 0.1) is 0 Å². The minimum atomic E-state index is 0.251. The molecule has 0 bridgehead atoms. The second-order valence-electron chi connectivity index (χ2n) is 10.0. The summed E-state index contributed by atoms with van der Waals surface area (Å²) in [7, 11) is 0. The molecule has 0 aliphatic rings. The topological polar surface area (TPSA) is 101 Å². The van der Waals surface area contributed by atoms with Crippen LogP contribution in [0.4, 0.5) is 23.3 Å². The van der Waals surface area contributed by atoms with Crippen LogP contribution in [0.5, 0.6) is 0 Å². The van der Waals surface area contributed by atoms with Gasteiger partial charge in [-0.1, -0.05) is 97.1 Å². The summed E-state index contributed by atoms with van der Waals surface area (Å²) in [5.74, 6) is 0.501. The Bertz CT molecular complexity index is 1950. The number of aryl methyl sites for hydroxylation is 2. The largest absolute Gasteiger partial charge is 0.339 e. The van der Waals surface area contributed by atoms with Gasteiger partial charge in [-0.05, 0) is 26.0 Å². The van der Waals surface area contributed by atoms with Crippen LogP contribution < -0.4 is 0 Å². The van der Waals surface area contributed by atoms with Crippen molar-refractivity contribution in [1.29, 1.82) is 0 Å². The molecule has 4 aromatic carbocycles. The number of azo groups is 2. The van der Waals surface area contributed by atoms with E-state index in [-0.39, 0.29) is 11.9 Å². The number of benzene rings is 4. The molecule has 210 valence electrons. The third-order valence-corrected chi connectivity index (χ3v) is 7.57. The van der Waals surface area contributed by atoms with Gasteiger partial charge >= 0.3 is 0 Å². The number of para-hydroxylation sites is 2. The Hall–Kier alpha value is -5.70. The molecule has 43 heavy (non-hydrogen) atoms. The summed E-state index contributed by atoms with van der Waals surface area (Å²) < 4.78 is 4.52. The van der Waals surface area contributed by atoms with Crippen molar-refractivity contribution >= 4 is 45.1 Å². The van der Waals surface area contributed by atoms with Gasteiger partial charge in [0.05, 0.1) is 22.4 Å². The van der Waals surface area contributed by atoms with Gasteiger partial charge in [0.15, 0.2) is 0 Å². The Morgan fingerprint density at radius 2 is 0.907 bits per heavy atom. The third-order valence-electron chi connectivity index (χ3n) is 7.57. The summed E-state index contributed by atoms with van der Waals surface area (Å²) >= 11 is 0. The van der Waals surface area contributed by atoms with E-state index in [0.29, 0.717) is 0 Å². The summed E-state index contributed by atoms with van der Waals surface area (Å²) in [4.78, 5) is 3.05. The molecule has 0 saturated heterocycles. The van der Waals surface area contributed by atoms with Gasteiger partial charge in [-0.3, -0.25) is 4.98 Å². The number of nitrogens with zero attached hydrogens (tertiary/aromatic N) is 8. The maximum atomic E-state index is 4.69. The molecular weight excluding hydrogens is 534 g/mol. The van der Waals surface area contributed by atoms with Crippen molar-refractivity contribution in [1.82, 2.24) is 24.3 Å². The maximum absolute atomic E-state index is 4.69. The predicted molar refractivity (Wildman–Crippen MR) is 171 cm³/mol. The molecule has 1 N–H and O–H groups in total. The second kappa shape index (κ2) is 11.3. The van der Waals surface area contributed by atoms with E-state index in [1.54, 1.807) is 0 Å². The van der Waals surface area contributed by atoms with Crippen molar-refractivity contribution in [2.24, 2.45) is 20.5 Å². The number of H-pyrrole nitrogens is 1. The minimum absolute atomic E-state index is 0.251. The quantitative estimate of drug-likeness (QED) is 0.186. The highest BCUT2D eigenvalue weighted by Gasteiger charge is 2.19. The summed E-state index contributed by atoms with van der Waals surface area (Å²) in [5, 5.41) is 28.7. The van der Waals surface area contributed by atoms with Crippen molar-refractivity contribution in [3.8, 4) is 22.5 Å². The lowest BCUT2D eigenvalue weighted by Crippen LogP contribution is -1.96. The van der Waals surface area contributed by atoms with Crippen molar-refractivity contribution in [3.63, 3.8) is 0 Å². The van der Waals surface area contributed by atoms with Crippen molar-refractivity contribution in [3.05, 3.63) is 109 Å². The van der Waals surface area contributed by atoms with Gasteiger partial charge in [0.2, 0.25) is 0 Å². The van der Waals surface area contributed by atoms with Gasteiger partial charge in [0, 0.05) is 35.0 Å². The van der Waals surface area contributed by atoms with E-state index in [1.165, 1.54) is 0 Å². The van der Waals surface area contributed by atoms with Crippen LogP contribution in [0.2, 0.25) is 0 Å². The first-order chi connectivity index (χ1) is 21.3. The van der Waals surface area contributed by atoms with Crippen molar-refractivity contribution in [2.45, 2.75) is 26.9 Å². The first-order valence-electron chi connectivity index (χ1n) is 14.4. The number of hydrogen-bond donors (Lipinski definition) is 1. The van der Waals surface area contributed by atoms with Gasteiger partial charge < -0.3 is 9.13 Å². The Morgan fingerprint density at radius 3 is 1.33 bits per heavy atom. The molecule has 0 saturated carbocycles. The van der Waals surface area contributed by atoms with Crippen LogP contribution in [-0.4, -0.2) is 24.3 Å². The van der Waals surface area contributed by atoms with Gasteiger partial charge in [0.25, 0.3) is 11.9 Å². The molecule has 3 heterocycles. The Morgan fingerprint density at radius 1 is 0.512 bits per heavy atom. The zero-order valence-corrected chi connectivity index (χ0v) is 23.9. The smallest absolute Gasteiger partial charge is 0.269 e. The van der Waals surface area contributed by atoms with Crippen LogP contribution in [0.25, 0.3) is 44.3 Å². The van der Waals surface area contributed by atoms with Crippen LogP contribution in [-0.2, 0) is 13.1 Å². The van der Waals surface area contributed by atoms with Crippen LogP contribution >= 0.6 is 0 Å². The molecule has 0 amide bonds. The minimum Gasteiger partial charge on any atom is -0.339 e. The fraction of sp³-hybridized carbons (Fsp3) is 0.118. The predicted octanol–water partition coefficient (Wildman–Crippen LogP) is 9.92. The molecule has 7 rings (SSSR count). The van der Waals surface area contributed by atoms with Gasteiger partial charge in [-0.25, -0.2) is 0 Å². The lowest BCUT2D eigenvalue weighted by molar-refractivity contribution is 0.805. The zero-order chi connectivity index (χ0) is 29.2. The lowest BCUT2D eigenvalue weighted by Gasteiger charge is -2.08.